The molecule has 0 unspecified atom stereocenters. The first-order valence-electron chi connectivity index (χ1n) is 6.95. The van der Waals surface area contributed by atoms with Gasteiger partial charge in [-0.25, -0.2) is 4.98 Å². The molecule has 0 bridgehead atoms. The first kappa shape index (κ1) is 17.6. The summed E-state index contributed by atoms with van der Waals surface area (Å²) >= 11 is 0. The molecule has 0 saturated carbocycles. The van der Waals surface area contributed by atoms with E-state index in [0.717, 1.165) is 5.56 Å². The van der Waals surface area contributed by atoms with Crippen molar-refractivity contribution in [3.05, 3.63) is 53.7 Å². The molecule has 8 heteroatoms. The van der Waals surface area contributed by atoms with Crippen molar-refractivity contribution < 1.29 is 27.4 Å². The molecule has 24 heavy (non-hydrogen) atoms. The van der Waals surface area contributed by atoms with Gasteiger partial charge in [-0.2, -0.15) is 13.2 Å². The lowest BCUT2D eigenvalue weighted by molar-refractivity contribution is -0.154. The van der Waals surface area contributed by atoms with E-state index in [-0.39, 0.29) is 18.0 Å². The van der Waals surface area contributed by atoms with E-state index in [1.807, 2.05) is 0 Å². The van der Waals surface area contributed by atoms with Crippen molar-refractivity contribution in [2.45, 2.75) is 12.7 Å². The Bertz CT molecular complexity index is 688. The van der Waals surface area contributed by atoms with Gasteiger partial charge in [0.1, 0.15) is 11.3 Å². The molecule has 1 aromatic heterocycles. The van der Waals surface area contributed by atoms with Crippen molar-refractivity contribution in [1.82, 2.24) is 10.3 Å². The maximum absolute atomic E-state index is 12.2. The number of methoxy groups -OCH3 is 1. The molecular formula is C16H15F3N2O3. The van der Waals surface area contributed by atoms with E-state index in [1.165, 1.54) is 18.3 Å². The lowest BCUT2D eigenvalue weighted by atomic mass is 10.2. The molecule has 0 saturated heterocycles. The van der Waals surface area contributed by atoms with Crippen molar-refractivity contribution in [1.29, 1.82) is 0 Å². The number of nitrogens with one attached hydrogen (secondary N) is 1. The van der Waals surface area contributed by atoms with E-state index in [9.17, 15) is 18.0 Å². The smallest absolute Gasteiger partial charge is 0.422 e. The van der Waals surface area contributed by atoms with Crippen LogP contribution >= 0.6 is 0 Å². The number of carbonyl (C=O) groups excluding carboxylic acids is 1. The van der Waals surface area contributed by atoms with Gasteiger partial charge in [-0.3, -0.25) is 4.79 Å². The average Bonchev–Trinajstić information content (AvgIpc) is 2.58. The fraction of sp³-hybridized carbons (Fsp3) is 0.250. The first-order valence-corrected chi connectivity index (χ1v) is 6.95. The van der Waals surface area contributed by atoms with Crippen LogP contribution in [0.1, 0.15) is 15.9 Å². The van der Waals surface area contributed by atoms with E-state index in [1.54, 1.807) is 31.4 Å². The van der Waals surface area contributed by atoms with Crippen LogP contribution in [0.4, 0.5) is 13.2 Å². The normalized spacial score (nSPS) is 11.0. The Morgan fingerprint density at radius 3 is 2.54 bits per heavy atom. The number of hydrogen-bond donors (Lipinski definition) is 1. The van der Waals surface area contributed by atoms with Gasteiger partial charge in [-0.05, 0) is 29.8 Å². The SMILES string of the molecule is COc1ccc(CNC(=O)c2cccnc2OCC(F)(F)F)cc1. The van der Waals surface area contributed by atoms with E-state index in [2.05, 4.69) is 15.0 Å². The van der Waals surface area contributed by atoms with Gasteiger partial charge < -0.3 is 14.8 Å². The van der Waals surface area contributed by atoms with E-state index in [4.69, 9.17) is 4.74 Å². The van der Waals surface area contributed by atoms with Gasteiger partial charge in [-0.1, -0.05) is 12.1 Å². The molecule has 1 N–H and O–H groups in total. The molecule has 0 aliphatic rings. The third kappa shape index (κ3) is 5.15. The molecular weight excluding hydrogens is 325 g/mol. The van der Waals surface area contributed by atoms with Crippen molar-refractivity contribution in [3.63, 3.8) is 0 Å². The highest BCUT2D eigenvalue weighted by Crippen LogP contribution is 2.20. The number of rotatable bonds is 6. The Morgan fingerprint density at radius 1 is 1.21 bits per heavy atom. The second-order valence-electron chi connectivity index (χ2n) is 4.79. The zero-order valence-corrected chi connectivity index (χ0v) is 12.8. The lowest BCUT2D eigenvalue weighted by Crippen LogP contribution is -2.25. The van der Waals surface area contributed by atoms with Gasteiger partial charge >= 0.3 is 6.18 Å². The summed E-state index contributed by atoms with van der Waals surface area (Å²) in [6, 6.07) is 9.81. The molecule has 128 valence electrons. The van der Waals surface area contributed by atoms with Gasteiger partial charge in [0, 0.05) is 12.7 Å². The number of pyridine rings is 1. The number of amides is 1. The van der Waals surface area contributed by atoms with Crippen LogP contribution in [0.2, 0.25) is 0 Å². The van der Waals surface area contributed by atoms with Gasteiger partial charge in [0.25, 0.3) is 5.91 Å². The van der Waals surface area contributed by atoms with Gasteiger partial charge in [0.15, 0.2) is 6.61 Å². The number of alkyl halides is 3. The molecule has 0 aliphatic heterocycles. The Hall–Kier alpha value is -2.77. The van der Waals surface area contributed by atoms with Gasteiger partial charge in [0.05, 0.1) is 7.11 Å². The summed E-state index contributed by atoms with van der Waals surface area (Å²) in [5.41, 5.74) is 0.751. The number of nitrogens with zero attached hydrogens (tertiary/aromatic N) is 1. The van der Waals surface area contributed by atoms with Crippen LogP contribution < -0.4 is 14.8 Å². The Balaban J connectivity index is 2.01. The van der Waals surface area contributed by atoms with Crippen LogP contribution in [0.25, 0.3) is 0 Å². The van der Waals surface area contributed by atoms with Crippen molar-refractivity contribution in [3.8, 4) is 11.6 Å². The minimum absolute atomic E-state index is 0.0599. The fourth-order valence-corrected chi connectivity index (χ4v) is 1.85. The topological polar surface area (TPSA) is 60.5 Å². The predicted octanol–water partition coefficient (Wildman–Crippen LogP) is 2.96. The zero-order chi connectivity index (χ0) is 17.6. The summed E-state index contributed by atoms with van der Waals surface area (Å²) in [6.45, 7) is -1.31. The maximum atomic E-state index is 12.2. The Kier molecular flexibility index (Phi) is 5.62. The standard InChI is InChI=1S/C16H15F3N2O3/c1-23-12-6-4-11(5-7-12)9-21-14(22)13-3-2-8-20-15(13)24-10-16(17,18)19/h2-8H,9-10H2,1H3,(H,21,22). The molecule has 2 aromatic rings. The van der Waals surface area contributed by atoms with Crippen LogP contribution in [0.3, 0.4) is 0 Å². The lowest BCUT2D eigenvalue weighted by Gasteiger charge is -2.12. The third-order valence-electron chi connectivity index (χ3n) is 3.00. The number of carbonyl (C=O) groups is 1. The largest absolute Gasteiger partial charge is 0.497 e. The first-order chi connectivity index (χ1) is 11.4. The molecule has 0 radical (unpaired) electrons. The van der Waals surface area contributed by atoms with Crippen LogP contribution in [0, 0.1) is 0 Å². The number of benzene rings is 1. The van der Waals surface area contributed by atoms with Crippen molar-refractivity contribution >= 4 is 5.91 Å². The molecule has 0 aliphatic carbocycles. The second kappa shape index (κ2) is 7.67. The fourth-order valence-electron chi connectivity index (χ4n) is 1.85. The van der Waals surface area contributed by atoms with Gasteiger partial charge in [-0.15, -0.1) is 0 Å². The molecule has 1 heterocycles. The highest BCUT2D eigenvalue weighted by Gasteiger charge is 2.29. The highest BCUT2D eigenvalue weighted by atomic mass is 19.4. The van der Waals surface area contributed by atoms with Gasteiger partial charge in [0.2, 0.25) is 5.88 Å². The zero-order valence-electron chi connectivity index (χ0n) is 12.8. The minimum Gasteiger partial charge on any atom is -0.497 e. The highest BCUT2D eigenvalue weighted by molar-refractivity contribution is 5.96. The Labute approximate surface area is 136 Å². The van der Waals surface area contributed by atoms with Crippen LogP contribution in [-0.4, -0.2) is 30.8 Å². The summed E-state index contributed by atoms with van der Waals surface area (Å²) in [4.78, 5) is 15.8. The summed E-state index contributed by atoms with van der Waals surface area (Å²) < 4.78 is 46.3. The van der Waals surface area contributed by atoms with Crippen molar-refractivity contribution in [2.24, 2.45) is 0 Å². The second-order valence-corrected chi connectivity index (χ2v) is 4.79. The summed E-state index contributed by atoms with van der Waals surface area (Å²) in [6.07, 6.45) is -3.25. The molecule has 1 amide bonds. The molecule has 0 spiro atoms. The summed E-state index contributed by atoms with van der Waals surface area (Å²) in [7, 11) is 1.54. The number of halogens is 3. The van der Waals surface area contributed by atoms with E-state index in [0.29, 0.717) is 5.75 Å². The summed E-state index contributed by atoms with van der Waals surface area (Å²) in [5, 5.41) is 2.61. The molecule has 2 rings (SSSR count). The maximum Gasteiger partial charge on any atom is 0.422 e. The quantitative estimate of drug-likeness (QED) is 0.878. The predicted molar refractivity (Wildman–Crippen MR) is 80.0 cm³/mol. The molecule has 5 nitrogen and oxygen atoms in total. The van der Waals surface area contributed by atoms with Crippen molar-refractivity contribution in [2.75, 3.05) is 13.7 Å². The van der Waals surface area contributed by atoms with Crippen LogP contribution in [0.15, 0.2) is 42.6 Å². The molecule has 1 aromatic carbocycles. The van der Waals surface area contributed by atoms with Crippen LogP contribution in [0.5, 0.6) is 11.6 Å². The number of hydrogen-bond acceptors (Lipinski definition) is 4. The monoisotopic (exact) mass is 340 g/mol. The molecule has 0 atom stereocenters. The summed E-state index contributed by atoms with van der Waals surface area (Å²) in [5.74, 6) is -0.252. The van der Waals surface area contributed by atoms with E-state index < -0.39 is 18.7 Å². The van der Waals surface area contributed by atoms with E-state index >= 15 is 0 Å². The minimum atomic E-state index is -4.51. The third-order valence-corrected chi connectivity index (χ3v) is 3.00. The Morgan fingerprint density at radius 2 is 1.92 bits per heavy atom. The number of aromatic nitrogens is 1. The molecule has 0 fully saturated rings. The number of ether oxygens (including phenoxy) is 2. The average molecular weight is 340 g/mol. The van der Waals surface area contributed by atoms with Crippen LogP contribution in [-0.2, 0) is 6.54 Å².